The summed E-state index contributed by atoms with van der Waals surface area (Å²) in [6.07, 6.45) is -0.709. The van der Waals surface area contributed by atoms with E-state index in [1.54, 1.807) is 49.4 Å². The zero-order chi connectivity index (χ0) is 27.0. The molecule has 0 N–H and O–H groups in total. The third kappa shape index (κ3) is 4.31. The number of methoxy groups -OCH3 is 3. The van der Waals surface area contributed by atoms with Gasteiger partial charge >= 0.3 is 11.9 Å². The average Bonchev–Trinajstić information content (AvgIpc) is 3.50. The molecule has 2 aromatic carbocycles. The van der Waals surface area contributed by atoms with Crippen LogP contribution in [0.2, 0.25) is 0 Å². The van der Waals surface area contributed by atoms with E-state index in [4.69, 9.17) is 14.2 Å². The summed E-state index contributed by atoms with van der Waals surface area (Å²) < 4.78 is 60.8. The summed E-state index contributed by atoms with van der Waals surface area (Å²) >= 11 is 0. The van der Waals surface area contributed by atoms with E-state index in [1.807, 2.05) is 0 Å². The normalized spacial score (nSPS) is 15.7. The molecule has 0 spiro atoms. The number of hydrogen-bond donors (Lipinski definition) is 0. The number of fused-ring (bicyclic) bond motifs is 1. The molecule has 38 heavy (non-hydrogen) atoms. The van der Waals surface area contributed by atoms with Gasteiger partial charge in [0.25, 0.3) is 0 Å². The van der Waals surface area contributed by atoms with Crippen LogP contribution in [0, 0.1) is 0 Å². The highest BCUT2D eigenvalue weighted by molar-refractivity contribution is 5.83. The number of para-hydroxylation sites is 1. The van der Waals surface area contributed by atoms with E-state index in [2.05, 4.69) is 9.88 Å². The van der Waals surface area contributed by atoms with Crippen molar-refractivity contribution >= 4 is 16.7 Å². The molecule has 0 aliphatic carbocycles. The Balaban J connectivity index is 1.60. The first-order valence-electron chi connectivity index (χ1n) is 12.0. The van der Waals surface area contributed by atoms with Crippen LogP contribution in [0.5, 0.6) is 17.2 Å². The van der Waals surface area contributed by atoms with E-state index in [-0.39, 0.29) is 18.2 Å². The topological polar surface area (TPSA) is 70.8 Å². The second-order valence-corrected chi connectivity index (χ2v) is 9.00. The van der Waals surface area contributed by atoms with Crippen LogP contribution < -0.4 is 24.8 Å². The fourth-order valence-electron chi connectivity index (χ4n) is 5.26. The SMILES string of the molecule is COc1cncc(OC)c1N1CC[C@@H](n2c(=O)n(Cc3ccccc3C(F)(F)F)c3c(OC)cccc32)C1. The van der Waals surface area contributed by atoms with Crippen molar-refractivity contribution < 1.29 is 27.4 Å². The van der Waals surface area contributed by atoms with Gasteiger partial charge < -0.3 is 19.1 Å². The van der Waals surface area contributed by atoms with Crippen molar-refractivity contribution in [2.45, 2.75) is 25.2 Å². The van der Waals surface area contributed by atoms with Crippen molar-refractivity contribution in [1.29, 1.82) is 0 Å². The van der Waals surface area contributed by atoms with Crippen LogP contribution in [-0.4, -0.2) is 48.5 Å². The Morgan fingerprint density at radius 3 is 2.29 bits per heavy atom. The third-order valence-corrected chi connectivity index (χ3v) is 6.95. The van der Waals surface area contributed by atoms with E-state index in [0.717, 1.165) is 11.8 Å². The average molecular weight is 529 g/mol. The Labute approximate surface area is 216 Å². The number of halogens is 3. The first-order valence-corrected chi connectivity index (χ1v) is 12.0. The highest BCUT2D eigenvalue weighted by Crippen LogP contribution is 2.41. The predicted octanol–water partition coefficient (Wildman–Crippen LogP) is 4.74. The van der Waals surface area contributed by atoms with Gasteiger partial charge in [-0.15, -0.1) is 0 Å². The molecular weight excluding hydrogens is 501 g/mol. The molecule has 0 saturated carbocycles. The van der Waals surface area contributed by atoms with Crippen molar-refractivity contribution in [2.24, 2.45) is 0 Å². The molecule has 11 heteroatoms. The summed E-state index contributed by atoms with van der Waals surface area (Å²) in [5.74, 6) is 1.51. The summed E-state index contributed by atoms with van der Waals surface area (Å²) in [5, 5.41) is 0. The van der Waals surface area contributed by atoms with Crippen LogP contribution in [0.4, 0.5) is 18.9 Å². The first kappa shape index (κ1) is 25.5. The van der Waals surface area contributed by atoms with E-state index in [0.29, 0.717) is 47.8 Å². The lowest BCUT2D eigenvalue weighted by Gasteiger charge is -2.23. The van der Waals surface area contributed by atoms with E-state index < -0.39 is 17.4 Å². The molecular formula is C27H27F3N4O4. The number of aromatic nitrogens is 3. The molecule has 0 bridgehead atoms. The summed E-state index contributed by atoms with van der Waals surface area (Å²) in [4.78, 5) is 20.1. The fourth-order valence-corrected chi connectivity index (χ4v) is 5.26. The summed E-state index contributed by atoms with van der Waals surface area (Å²) in [6.45, 7) is 0.828. The molecule has 1 saturated heterocycles. The van der Waals surface area contributed by atoms with Gasteiger partial charge in [0.05, 0.1) is 57.4 Å². The van der Waals surface area contributed by atoms with Crippen LogP contribution in [0.15, 0.2) is 59.7 Å². The van der Waals surface area contributed by atoms with Crippen molar-refractivity contribution in [2.75, 3.05) is 39.3 Å². The van der Waals surface area contributed by atoms with Gasteiger partial charge in [0, 0.05) is 13.1 Å². The predicted molar refractivity (Wildman–Crippen MR) is 137 cm³/mol. The second-order valence-electron chi connectivity index (χ2n) is 9.00. The molecule has 4 aromatic rings. The summed E-state index contributed by atoms with van der Waals surface area (Å²) in [7, 11) is 4.58. The van der Waals surface area contributed by atoms with E-state index in [1.165, 1.54) is 29.9 Å². The lowest BCUT2D eigenvalue weighted by Crippen LogP contribution is -2.30. The molecule has 0 amide bonds. The largest absolute Gasteiger partial charge is 0.494 e. The fraction of sp³-hybridized carbons (Fsp3) is 0.333. The minimum atomic E-state index is -4.54. The van der Waals surface area contributed by atoms with Gasteiger partial charge in [0.15, 0.2) is 11.5 Å². The molecule has 8 nitrogen and oxygen atoms in total. The lowest BCUT2D eigenvalue weighted by molar-refractivity contribution is -0.138. The van der Waals surface area contributed by atoms with Crippen LogP contribution >= 0.6 is 0 Å². The Kier molecular flexibility index (Phi) is 6.68. The molecule has 0 unspecified atom stereocenters. The van der Waals surface area contributed by atoms with Crippen LogP contribution in [0.3, 0.4) is 0 Å². The summed E-state index contributed by atoms with van der Waals surface area (Å²) in [5.41, 5.74) is 0.620. The first-order chi connectivity index (χ1) is 18.3. The molecule has 1 atom stereocenters. The third-order valence-electron chi connectivity index (χ3n) is 6.95. The molecule has 3 heterocycles. The Bertz CT molecular complexity index is 1510. The molecule has 1 aliphatic rings. The van der Waals surface area contributed by atoms with Crippen LogP contribution in [0.1, 0.15) is 23.6 Å². The smallest absolute Gasteiger partial charge is 0.416 e. The monoisotopic (exact) mass is 528 g/mol. The van der Waals surface area contributed by atoms with Gasteiger partial charge in [-0.2, -0.15) is 13.2 Å². The maximum atomic E-state index is 13.9. The van der Waals surface area contributed by atoms with Crippen molar-refractivity contribution in [1.82, 2.24) is 14.1 Å². The lowest BCUT2D eigenvalue weighted by atomic mass is 10.1. The number of ether oxygens (including phenoxy) is 3. The zero-order valence-electron chi connectivity index (χ0n) is 21.2. The maximum Gasteiger partial charge on any atom is 0.416 e. The maximum absolute atomic E-state index is 13.9. The summed E-state index contributed by atoms with van der Waals surface area (Å²) in [6, 6.07) is 10.3. The number of imidazole rings is 1. The highest BCUT2D eigenvalue weighted by Gasteiger charge is 2.35. The Morgan fingerprint density at radius 2 is 1.63 bits per heavy atom. The molecule has 2 aromatic heterocycles. The number of pyridine rings is 1. The quantitative estimate of drug-likeness (QED) is 0.345. The van der Waals surface area contributed by atoms with Gasteiger partial charge in [-0.25, -0.2) is 4.79 Å². The number of benzene rings is 2. The van der Waals surface area contributed by atoms with Crippen molar-refractivity contribution in [3.8, 4) is 17.2 Å². The van der Waals surface area contributed by atoms with Crippen LogP contribution in [0.25, 0.3) is 11.0 Å². The van der Waals surface area contributed by atoms with E-state index >= 15 is 0 Å². The minimum Gasteiger partial charge on any atom is -0.494 e. The van der Waals surface area contributed by atoms with Crippen molar-refractivity contribution in [3.63, 3.8) is 0 Å². The van der Waals surface area contributed by atoms with Gasteiger partial charge in [-0.3, -0.25) is 14.1 Å². The minimum absolute atomic E-state index is 0.00589. The number of nitrogens with zero attached hydrogens (tertiary/aromatic N) is 4. The Hall–Kier alpha value is -4.15. The number of alkyl halides is 3. The van der Waals surface area contributed by atoms with Gasteiger partial charge in [-0.1, -0.05) is 24.3 Å². The molecule has 200 valence electrons. The van der Waals surface area contributed by atoms with Crippen molar-refractivity contribution in [3.05, 3.63) is 76.5 Å². The number of hydrogen-bond acceptors (Lipinski definition) is 6. The molecule has 0 radical (unpaired) electrons. The zero-order valence-corrected chi connectivity index (χ0v) is 21.2. The Morgan fingerprint density at radius 1 is 0.947 bits per heavy atom. The number of anilines is 1. The second kappa shape index (κ2) is 9.96. The highest BCUT2D eigenvalue weighted by atomic mass is 19.4. The standard InChI is InChI=1S/C27H27F3N4O4/c1-36-21-10-6-9-20-24(21)33(15-17-7-4-5-8-19(17)27(28,29)30)26(35)34(20)18-11-12-32(16-18)25-22(37-2)13-31-14-23(25)38-3/h4-10,13-14,18H,11-12,15-16H2,1-3H3/t18-/m1/s1. The number of rotatable bonds is 7. The van der Waals surface area contributed by atoms with E-state index in [9.17, 15) is 18.0 Å². The van der Waals surface area contributed by atoms with Gasteiger partial charge in [-0.05, 0) is 30.2 Å². The van der Waals surface area contributed by atoms with Crippen LogP contribution in [-0.2, 0) is 12.7 Å². The molecule has 1 fully saturated rings. The van der Waals surface area contributed by atoms with Gasteiger partial charge in [0.2, 0.25) is 0 Å². The van der Waals surface area contributed by atoms with Gasteiger partial charge in [0.1, 0.15) is 17.0 Å². The molecule has 1 aliphatic heterocycles. The molecule has 5 rings (SSSR count).